The van der Waals surface area contributed by atoms with Crippen molar-refractivity contribution in [3.63, 3.8) is 0 Å². The Bertz CT molecular complexity index is 1160. The molecule has 2 N–H and O–H groups in total. The number of hydrogen-bond acceptors (Lipinski definition) is 4. The number of carbonyl (C=O) groups is 1. The van der Waals surface area contributed by atoms with E-state index in [4.69, 9.17) is 0 Å². The first kappa shape index (κ1) is 15.8. The third-order valence-electron chi connectivity index (χ3n) is 4.19. The van der Waals surface area contributed by atoms with Crippen molar-refractivity contribution in [3.05, 3.63) is 83.0 Å². The fraction of sp³-hybridized carbons (Fsp3) is 0.0500. The van der Waals surface area contributed by atoms with Crippen molar-refractivity contribution in [1.82, 2.24) is 14.4 Å². The molecule has 26 heavy (non-hydrogen) atoms. The Morgan fingerprint density at radius 1 is 1.12 bits per heavy atom. The Morgan fingerprint density at radius 2 is 1.92 bits per heavy atom. The van der Waals surface area contributed by atoms with Gasteiger partial charge in [-0.3, -0.25) is 14.0 Å². The summed E-state index contributed by atoms with van der Waals surface area (Å²) in [6.07, 6.45) is 5.20. The van der Waals surface area contributed by atoms with Gasteiger partial charge < -0.3 is 10.3 Å². The zero-order chi connectivity index (χ0) is 18.1. The van der Waals surface area contributed by atoms with Gasteiger partial charge in [0.2, 0.25) is 5.56 Å². The summed E-state index contributed by atoms with van der Waals surface area (Å²) in [6, 6.07) is 14.6. The fourth-order valence-electron chi connectivity index (χ4n) is 2.89. The molecule has 0 saturated carbocycles. The van der Waals surface area contributed by atoms with Gasteiger partial charge in [-0.1, -0.05) is 0 Å². The Balaban J connectivity index is 1.74. The summed E-state index contributed by atoms with van der Waals surface area (Å²) in [7, 11) is 0. The molecule has 0 bridgehead atoms. The SMILES string of the molecule is CC(=O)c1ccc(Nc2ccc(-c3cc[nH]c(=O)c3)n3ccnc23)cc1. The smallest absolute Gasteiger partial charge is 0.248 e. The number of nitrogens with one attached hydrogen (secondary N) is 2. The van der Waals surface area contributed by atoms with Gasteiger partial charge in [0.15, 0.2) is 11.4 Å². The monoisotopic (exact) mass is 344 g/mol. The molecule has 0 aliphatic carbocycles. The first-order valence-electron chi connectivity index (χ1n) is 8.15. The number of fused-ring (bicyclic) bond motifs is 1. The van der Waals surface area contributed by atoms with Crippen molar-refractivity contribution in [3.8, 4) is 11.3 Å². The topological polar surface area (TPSA) is 79.3 Å². The molecule has 6 heteroatoms. The molecule has 0 aliphatic heterocycles. The van der Waals surface area contributed by atoms with Crippen LogP contribution >= 0.6 is 0 Å². The lowest BCUT2D eigenvalue weighted by Crippen LogP contribution is -2.04. The zero-order valence-electron chi connectivity index (χ0n) is 14.1. The van der Waals surface area contributed by atoms with Crippen LogP contribution in [0.2, 0.25) is 0 Å². The van der Waals surface area contributed by atoms with E-state index >= 15 is 0 Å². The maximum absolute atomic E-state index is 11.6. The molecule has 0 amide bonds. The highest BCUT2D eigenvalue weighted by Crippen LogP contribution is 2.26. The number of hydrogen-bond donors (Lipinski definition) is 2. The first-order valence-corrected chi connectivity index (χ1v) is 8.15. The summed E-state index contributed by atoms with van der Waals surface area (Å²) in [5, 5.41) is 3.33. The van der Waals surface area contributed by atoms with Crippen LogP contribution in [0.1, 0.15) is 17.3 Å². The molecule has 4 aromatic rings. The van der Waals surface area contributed by atoms with Crippen LogP contribution in [0.15, 0.2) is 71.9 Å². The molecule has 0 spiro atoms. The van der Waals surface area contributed by atoms with E-state index in [-0.39, 0.29) is 11.3 Å². The third-order valence-corrected chi connectivity index (χ3v) is 4.19. The third kappa shape index (κ3) is 2.88. The number of aromatic nitrogens is 3. The molecule has 0 saturated heterocycles. The summed E-state index contributed by atoms with van der Waals surface area (Å²) in [6.45, 7) is 1.55. The number of anilines is 2. The number of pyridine rings is 2. The second-order valence-corrected chi connectivity index (χ2v) is 5.95. The second kappa shape index (κ2) is 6.33. The number of Topliss-reactive ketones (excluding diaryl/α,β-unsaturated/α-hetero) is 1. The van der Waals surface area contributed by atoms with Crippen LogP contribution in [0.3, 0.4) is 0 Å². The molecule has 3 aromatic heterocycles. The lowest BCUT2D eigenvalue weighted by Gasteiger charge is -2.11. The van der Waals surface area contributed by atoms with Crippen molar-refractivity contribution in [1.29, 1.82) is 0 Å². The Hall–Kier alpha value is -3.67. The van der Waals surface area contributed by atoms with E-state index in [2.05, 4.69) is 15.3 Å². The molecule has 0 atom stereocenters. The predicted molar refractivity (Wildman–Crippen MR) is 101 cm³/mol. The van der Waals surface area contributed by atoms with Crippen LogP contribution < -0.4 is 10.9 Å². The summed E-state index contributed by atoms with van der Waals surface area (Å²) < 4.78 is 1.93. The Morgan fingerprint density at radius 3 is 2.65 bits per heavy atom. The van der Waals surface area contributed by atoms with E-state index in [9.17, 15) is 9.59 Å². The quantitative estimate of drug-likeness (QED) is 0.554. The molecule has 3 heterocycles. The number of imidazole rings is 1. The fourth-order valence-corrected chi connectivity index (χ4v) is 2.89. The van der Waals surface area contributed by atoms with Gasteiger partial charge in [0.05, 0.1) is 11.4 Å². The van der Waals surface area contributed by atoms with Gasteiger partial charge in [0, 0.05) is 41.5 Å². The van der Waals surface area contributed by atoms with E-state index in [1.54, 1.807) is 37.5 Å². The number of aromatic amines is 1. The summed E-state index contributed by atoms with van der Waals surface area (Å²) in [5.41, 5.74) is 4.66. The lowest BCUT2D eigenvalue weighted by molar-refractivity contribution is 0.101. The lowest BCUT2D eigenvalue weighted by atomic mass is 10.1. The minimum absolute atomic E-state index is 0.0365. The number of H-pyrrole nitrogens is 1. The van der Waals surface area contributed by atoms with Gasteiger partial charge in [-0.25, -0.2) is 4.98 Å². The molecule has 0 radical (unpaired) electrons. The van der Waals surface area contributed by atoms with E-state index in [0.717, 1.165) is 28.3 Å². The highest BCUT2D eigenvalue weighted by Gasteiger charge is 2.09. The molecular formula is C20H16N4O2. The van der Waals surface area contributed by atoms with Gasteiger partial charge in [-0.05, 0) is 49.4 Å². The van der Waals surface area contributed by atoms with Gasteiger partial charge in [0.25, 0.3) is 0 Å². The van der Waals surface area contributed by atoms with E-state index < -0.39 is 0 Å². The Kier molecular flexibility index (Phi) is 3.85. The summed E-state index contributed by atoms with van der Waals surface area (Å²) in [5.74, 6) is 0.0365. The molecule has 6 nitrogen and oxygen atoms in total. The number of benzene rings is 1. The maximum atomic E-state index is 11.6. The number of ketones is 1. The molecular weight excluding hydrogens is 328 g/mol. The normalized spacial score (nSPS) is 10.8. The van der Waals surface area contributed by atoms with Crippen LogP contribution in [0.4, 0.5) is 11.4 Å². The van der Waals surface area contributed by atoms with Crippen LogP contribution in [0.5, 0.6) is 0 Å². The molecule has 0 unspecified atom stereocenters. The maximum Gasteiger partial charge on any atom is 0.248 e. The summed E-state index contributed by atoms with van der Waals surface area (Å²) in [4.78, 5) is 30.1. The van der Waals surface area contributed by atoms with Crippen molar-refractivity contribution in [2.24, 2.45) is 0 Å². The second-order valence-electron chi connectivity index (χ2n) is 5.95. The number of nitrogens with zero attached hydrogens (tertiary/aromatic N) is 2. The van der Waals surface area contributed by atoms with Crippen LogP contribution in [0, 0.1) is 0 Å². The average Bonchev–Trinajstić information content (AvgIpc) is 3.12. The van der Waals surface area contributed by atoms with Gasteiger partial charge >= 0.3 is 0 Å². The largest absolute Gasteiger partial charge is 0.352 e. The van der Waals surface area contributed by atoms with Crippen molar-refractivity contribution in [2.45, 2.75) is 6.92 Å². The first-order chi connectivity index (χ1) is 12.6. The van der Waals surface area contributed by atoms with Crippen molar-refractivity contribution >= 4 is 22.8 Å². The van der Waals surface area contributed by atoms with E-state index in [1.165, 1.54) is 0 Å². The molecule has 1 aromatic carbocycles. The molecule has 0 aliphatic rings. The summed E-state index contributed by atoms with van der Waals surface area (Å²) >= 11 is 0. The molecule has 0 fully saturated rings. The minimum Gasteiger partial charge on any atom is -0.352 e. The van der Waals surface area contributed by atoms with Crippen molar-refractivity contribution < 1.29 is 4.79 Å². The number of carbonyl (C=O) groups excluding carboxylic acids is 1. The highest BCUT2D eigenvalue weighted by molar-refractivity contribution is 5.94. The highest BCUT2D eigenvalue weighted by atomic mass is 16.1. The minimum atomic E-state index is -0.150. The van der Waals surface area contributed by atoms with Crippen LogP contribution in [-0.2, 0) is 0 Å². The zero-order valence-corrected chi connectivity index (χ0v) is 14.1. The Labute approximate surface area is 149 Å². The standard InChI is InChI=1S/C20H16N4O2/c1-13(25)14-2-4-16(5-3-14)23-17-6-7-18(24-11-10-22-20(17)24)15-8-9-21-19(26)12-15/h2-12,23H,1H3,(H,21,26). The number of rotatable bonds is 4. The predicted octanol–water partition coefficient (Wildman–Crippen LogP) is 3.64. The van der Waals surface area contributed by atoms with Crippen molar-refractivity contribution in [2.75, 3.05) is 5.32 Å². The van der Waals surface area contributed by atoms with Gasteiger partial charge in [0.1, 0.15) is 0 Å². The van der Waals surface area contributed by atoms with Crippen LogP contribution in [0.25, 0.3) is 16.9 Å². The van der Waals surface area contributed by atoms with E-state index in [1.807, 2.05) is 40.9 Å². The molecule has 128 valence electrons. The average molecular weight is 344 g/mol. The van der Waals surface area contributed by atoms with Gasteiger partial charge in [-0.15, -0.1) is 0 Å². The van der Waals surface area contributed by atoms with Crippen LogP contribution in [-0.4, -0.2) is 20.2 Å². The van der Waals surface area contributed by atoms with Gasteiger partial charge in [-0.2, -0.15) is 0 Å². The molecule has 4 rings (SSSR count). The van der Waals surface area contributed by atoms with E-state index in [0.29, 0.717) is 5.56 Å².